The van der Waals surface area contributed by atoms with Gasteiger partial charge < -0.3 is 14.6 Å². The van der Waals surface area contributed by atoms with Crippen molar-refractivity contribution >= 4 is 28.5 Å². The topological polar surface area (TPSA) is 79.5 Å². The van der Waals surface area contributed by atoms with E-state index in [1.54, 1.807) is 36.1 Å². The first kappa shape index (κ1) is 18.0. The first-order valence-corrected chi connectivity index (χ1v) is 9.27. The molecule has 3 aromatic rings. The van der Waals surface area contributed by atoms with Crippen LogP contribution in [-0.2, 0) is 16.0 Å². The zero-order valence-corrected chi connectivity index (χ0v) is 15.5. The summed E-state index contributed by atoms with van der Waals surface area (Å²) in [5.74, 6) is -0.955. The maximum Gasteiger partial charge on any atom is 0.339 e. The number of fused-ring (bicyclic) bond motifs is 2. The molecule has 0 saturated carbocycles. The smallest absolute Gasteiger partial charge is 0.339 e. The van der Waals surface area contributed by atoms with Gasteiger partial charge in [-0.25, -0.2) is 4.79 Å². The van der Waals surface area contributed by atoms with Crippen LogP contribution in [0.2, 0.25) is 0 Å². The molecule has 4 rings (SSSR count). The number of nitrogens with one attached hydrogen (secondary N) is 1. The van der Waals surface area contributed by atoms with Crippen molar-refractivity contribution in [3.63, 3.8) is 0 Å². The number of amides is 1. The Morgan fingerprint density at radius 2 is 1.86 bits per heavy atom. The fourth-order valence-corrected chi connectivity index (χ4v) is 3.63. The number of aromatic amines is 1. The van der Waals surface area contributed by atoms with Crippen LogP contribution >= 0.6 is 0 Å². The Balaban J connectivity index is 1.58. The van der Waals surface area contributed by atoms with Gasteiger partial charge in [-0.05, 0) is 37.5 Å². The molecule has 0 aliphatic carbocycles. The van der Waals surface area contributed by atoms with Gasteiger partial charge in [-0.1, -0.05) is 36.4 Å². The van der Waals surface area contributed by atoms with E-state index in [1.165, 1.54) is 6.07 Å². The summed E-state index contributed by atoms with van der Waals surface area (Å²) >= 11 is 0. The first-order chi connectivity index (χ1) is 13.5. The number of benzene rings is 2. The van der Waals surface area contributed by atoms with Crippen LogP contribution in [0.15, 0.2) is 59.4 Å². The van der Waals surface area contributed by atoms with E-state index in [9.17, 15) is 14.4 Å². The van der Waals surface area contributed by atoms with E-state index >= 15 is 0 Å². The molecule has 142 valence electrons. The molecule has 0 radical (unpaired) electrons. The highest BCUT2D eigenvalue weighted by Crippen LogP contribution is 2.27. The summed E-state index contributed by atoms with van der Waals surface area (Å²) < 4.78 is 5.45. The zero-order chi connectivity index (χ0) is 19.7. The Bertz CT molecular complexity index is 1120. The van der Waals surface area contributed by atoms with Gasteiger partial charge in [0.2, 0.25) is 5.56 Å². The van der Waals surface area contributed by atoms with E-state index in [2.05, 4.69) is 4.98 Å². The summed E-state index contributed by atoms with van der Waals surface area (Å²) in [5, 5.41) is 0.579. The van der Waals surface area contributed by atoms with Crippen molar-refractivity contribution in [2.24, 2.45) is 0 Å². The fourth-order valence-electron chi connectivity index (χ4n) is 3.63. The molecular weight excluding hydrogens is 356 g/mol. The molecule has 1 aliphatic rings. The highest BCUT2D eigenvalue weighted by atomic mass is 16.5. The number of carbonyl (C=O) groups is 2. The molecule has 1 atom stereocenters. The molecule has 1 N–H and O–H groups in total. The Morgan fingerprint density at radius 1 is 1.11 bits per heavy atom. The lowest BCUT2D eigenvalue weighted by atomic mass is 10.0. The number of nitrogens with zero attached hydrogens (tertiary/aromatic N) is 1. The molecule has 0 spiro atoms. The Morgan fingerprint density at radius 3 is 2.71 bits per heavy atom. The minimum Gasteiger partial charge on any atom is -0.449 e. The van der Waals surface area contributed by atoms with Crippen molar-refractivity contribution in [1.82, 2.24) is 4.98 Å². The number of pyridine rings is 1. The average molecular weight is 376 g/mol. The quantitative estimate of drug-likeness (QED) is 0.713. The van der Waals surface area contributed by atoms with Gasteiger partial charge in [0.1, 0.15) is 0 Å². The Hall–Kier alpha value is -3.41. The molecule has 1 unspecified atom stereocenters. The third-order valence-corrected chi connectivity index (χ3v) is 4.98. The number of esters is 1. The minimum absolute atomic E-state index is 0.151. The van der Waals surface area contributed by atoms with Crippen molar-refractivity contribution < 1.29 is 14.3 Å². The average Bonchev–Trinajstić information content (AvgIpc) is 2.72. The van der Waals surface area contributed by atoms with Gasteiger partial charge in [0, 0.05) is 29.2 Å². The van der Waals surface area contributed by atoms with Gasteiger partial charge >= 0.3 is 5.97 Å². The van der Waals surface area contributed by atoms with Crippen LogP contribution in [0, 0.1) is 0 Å². The minimum atomic E-state index is -0.961. The van der Waals surface area contributed by atoms with Crippen LogP contribution in [0.3, 0.4) is 0 Å². The van der Waals surface area contributed by atoms with E-state index < -0.39 is 17.6 Å². The lowest BCUT2D eigenvalue weighted by Gasteiger charge is -2.31. The SMILES string of the molecule is CC(OC(=O)c1cc(=O)[nH]c2ccccc12)C(=O)N1CCCc2ccccc21. The first-order valence-electron chi connectivity index (χ1n) is 9.27. The predicted molar refractivity (Wildman–Crippen MR) is 107 cm³/mol. The van der Waals surface area contributed by atoms with Gasteiger partial charge in [-0.15, -0.1) is 0 Å². The molecule has 0 bridgehead atoms. The molecule has 1 amide bonds. The molecule has 6 nitrogen and oxygen atoms in total. The van der Waals surface area contributed by atoms with Crippen LogP contribution in [-0.4, -0.2) is 29.5 Å². The number of H-pyrrole nitrogens is 1. The number of aryl methyl sites for hydroxylation is 1. The fraction of sp³-hybridized carbons (Fsp3) is 0.227. The molecule has 2 aromatic carbocycles. The maximum absolute atomic E-state index is 12.9. The van der Waals surface area contributed by atoms with Crippen molar-refractivity contribution in [3.8, 4) is 0 Å². The molecule has 28 heavy (non-hydrogen) atoms. The van der Waals surface area contributed by atoms with Crippen LogP contribution in [0.5, 0.6) is 0 Å². The molecule has 1 aromatic heterocycles. The number of rotatable bonds is 3. The van der Waals surface area contributed by atoms with Crippen LogP contribution in [0.25, 0.3) is 10.9 Å². The Labute approximate surface area is 161 Å². The molecular formula is C22H20N2O4. The van der Waals surface area contributed by atoms with E-state index in [1.807, 2.05) is 24.3 Å². The lowest BCUT2D eigenvalue weighted by molar-refractivity contribution is -0.126. The number of aromatic nitrogens is 1. The molecule has 0 fully saturated rings. The van der Waals surface area contributed by atoms with Crippen molar-refractivity contribution in [1.29, 1.82) is 0 Å². The Kier molecular flexibility index (Phi) is 4.69. The van der Waals surface area contributed by atoms with Gasteiger partial charge in [-0.3, -0.25) is 9.59 Å². The van der Waals surface area contributed by atoms with Crippen LogP contribution < -0.4 is 10.5 Å². The number of hydrogen-bond acceptors (Lipinski definition) is 4. The number of ether oxygens (including phenoxy) is 1. The van der Waals surface area contributed by atoms with Crippen molar-refractivity contribution in [3.05, 3.63) is 76.1 Å². The highest BCUT2D eigenvalue weighted by Gasteiger charge is 2.29. The third kappa shape index (κ3) is 3.29. The van der Waals surface area contributed by atoms with E-state index in [4.69, 9.17) is 4.74 Å². The van der Waals surface area contributed by atoms with Crippen LogP contribution in [0.4, 0.5) is 5.69 Å². The second-order valence-corrected chi connectivity index (χ2v) is 6.86. The summed E-state index contributed by atoms with van der Waals surface area (Å²) in [5.41, 5.74) is 2.28. The van der Waals surface area contributed by atoms with E-state index in [0.717, 1.165) is 24.1 Å². The third-order valence-electron chi connectivity index (χ3n) is 4.98. The molecule has 1 aliphatic heterocycles. The summed E-state index contributed by atoms with van der Waals surface area (Å²) in [6, 6.07) is 16.0. The second kappa shape index (κ2) is 7.31. The standard InChI is InChI=1S/C22H20N2O4/c1-14(21(26)24-12-6-8-15-7-2-5-11-19(15)24)28-22(27)17-13-20(25)23-18-10-4-3-9-16(17)18/h2-5,7,9-11,13-14H,6,8,12H2,1H3,(H,23,25). The normalized spacial score (nSPS) is 14.4. The number of para-hydroxylation sites is 2. The van der Waals surface area contributed by atoms with Crippen molar-refractivity contribution in [2.75, 3.05) is 11.4 Å². The van der Waals surface area contributed by atoms with E-state index in [0.29, 0.717) is 17.4 Å². The lowest BCUT2D eigenvalue weighted by Crippen LogP contribution is -2.42. The van der Waals surface area contributed by atoms with Crippen molar-refractivity contribution in [2.45, 2.75) is 25.9 Å². The summed E-state index contributed by atoms with van der Waals surface area (Å²) in [6.07, 6.45) is 0.825. The van der Waals surface area contributed by atoms with Crippen LogP contribution in [0.1, 0.15) is 29.3 Å². The number of hydrogen-bond donors (Lipinski definition) is 1. The largest absolute Gasteiger partial charge is 0.449 e. The highest BCUT2D eigenvalue weighted by molar-refractivity contribution is 6.05. The molecule has 6 heteroatoms. The van der Waals surface area contributed by atoms with Gasteiger partial charge in [0.25, 0.3) is 5.91 Å². The zero-order valence-electron chi connectivity index (χ0n) is 15.5. The summed E-state index contributed by atoms with van der Waals surface area (Å²) in [7, 11) is 0. The number of anilines is 1. The van der Waals surface area contributed by atoms with Gasteiger partial charge in [0.15, 0.2) is 6.10 Å². The number of carbonyl (C=O) groups excluding carboxylic acids is 2. The molecule has 0 saturated heterocycles. The van der Waals surface area contributed by atoms with Gasteiger partial charge in [-0.2, -0.15) is 0 Å². The molecule has 2 heterocycles. The maximum atomic E-state index is 12.9. The summed E-state index contributed by atoms with van der Waals surface area (Å²) in [4.78, 5) is 41.9. The second-order valence-electron chi connectivity index (χ2n) is 6.86. The monoisotopic (exact) mass is 376 g/mol. The predicted octanol–water partition coefficient (Wildman–Crippen LogP) is 3.05. The van der Waals surface area contributed by atoms with Gasteiger partial charge in [0.05, 0.1) is 5.56 Å². The summed E-state index contributed by atoms with van der Waals surface area (Å²) in [6.45, 7) is 2.15. The van der Waals surface area contributed by atoms with E-state index in [-0.39, 0.29) is 11.5 Å².